The van der Waals surface area contributed by atoms with E-state index in [2.05, 4.69) is 25.6 Å². The number of methoxy groups -OCH3 is 1. The molecular formula is C21H18N6O3. The van der Waals surface area contributed by atoms with Gasteiger partial charge in [0, 0.05) is 16.8 Å². The SMILES string of the molecule is COc1ccccc1Nc1ncnc(Nc2cccc3nc(C)ccc23)c1[N+](=O)[O-]. The predicted molar refractivity (Wildman–Crippen MR) is 115 cm³/mol. The van der Waals surface area contributed by atoms with Crippen molar-refractivity contribution in [2.24, 2.45) is 0 Å². The highest BCUT2D eigenvalue weighted by Crippen LogP contribution is 2.36. The minimum absolute atomic E-state index is 0.0520. The van der Waals surface area contributed by atoms with Gasteiger partial charge in [0.1, 0.15) is 12.1 Å². The highest BCUT2D eigenvalue weighted by Gasteiger charge is 2.24. The lowest BCUT2D eigenvalue weighted by Crippen LogP contribution is -2.06. The molecule has 9 heteroatoms. The molecule has 0 fully saturated rings. The van der Waals surface area contributed by atoms with Gasteiger partial charge in [-0.05, 0) is 43.3 Å². The molecular weight excluding hydrogens is 384 g/mol. The number of benzene rings is 2. The highest BCUT2D eigenvalue weighted by atomic mass is 16.6. The second-order valence-corrected chi connectivity index (χ2v) is 6.45. The molecule has 0 saturated heterocycles. The molecule has 150 valence electrons. The Morgan fingerprint density at radius 2 is 1.63 bits per heavy atom. The third kappa shape index (κ3) is 3.68. The maximum Gasteiger partial charge on any atom is 0.353 e. The second-order valence-electron chi connectivity index (χ2n) is 6.45. The lowest BCUT2D eigenvalue weighted by molar-refractivity contribution is -0.383. The van der Waals surface area contributed by atoms with Crippen LogP contribution in [-0.4, -0.2) is 27.0 Å². The van der Waals surface area contributed by atoms with Gasteiger partial charge in [-0.1, -0.05) is 18.2 Å². The molecule has 2 N–H and O–H groups in total. The molecule has 2 aromatic carbocycles. The number of nitrogens with zero attached hydrogens (tertiary/aromatic N) is 4. The van der Waals surface area contributed by atoms with Crippen molar-refractivity contribution in [2.45, 2.75) is 6.92 Å². The summed E-state index contributed by atoms with van der Waals surface area (Å²) >= 11 is 0. The predicted octanol–water partition coefficient (Wildman–Crippen LogP) is 4.74. The minimum atomic E-state index is -0.520. The Labute approximate surface area is 171 Å². The fraction of sp³-hybridized carbons (Fsp3) is 0.0952. The van der Waals surface area contributed by atoms with Crippen LogP contribution in [0.3, 0.4) is 0 Å². The van der Waals surface area contributed by atoms with Gasteiger partial charge in [0.15, 0.2) is 0 Å². The number of nitro groups is 1. The molecule has 0 spiro atoms. The number of nitrogens with one attached hydrogen (secondary N) is 2. The van der Waals surface area contributed by atoms with Crippen LogP contribution in [0.2, 0.25) is 0 Å². The van der Waals surface area contributed by atoms with Gasteiger partial charge in [0.05, 0.1) is 23.2 Å². The van der Waals surface area contributed by atoms with Crippen LogP contribution >= 0.6 is 0 Å². The van der Waals surface area contributed by atoms with Crippen molar-refractivity contribution >= 4 is 39.6 Å². The first-order valence-electron chi connectivity index (χ1n) is 9.09. The standard InChI is InChI=1S/C21H18N6O3/c1-13-10-11-14-15(24-13)7-5-8-16(14)25-20-19(27(28)29)21(23-12-22-20)26-17-6-3-4-9-18(17)30-2/h3-12H,1-2H3,(H2,22,23,25,26). The largest absolute Gasteiger partial charge is 0.495 e. The Morgan fingerprint density at radius 3 is 2.37 bits per heavy atom. The summed E-state index contributed by atoms with van der Waals surface area (Å²) in [6.45, 7) is 1.91. The van der Waals surface area contributed by atoms with Crippen molar-refractivity contribution in [2.75, 3.05) is 17.7 Å². The molecule has 0 atom stereocenters. The number of fused-ring (bicyclic) bond motifs is 1. The average molecular weight is 402 g/mol. The van der Waals surface area contributed by atoms with Gasteiger partial charge in [-0.2, -0.15) is 0 Å². The number of aryl methyl sites for hydroxylation is 1. The van der Waals surface area contributed by atoms with E-state index in [1.807, 2.05) is 43.3 Å². The zero-order valence-corrected chi connectivity index (χ0v) is 16.3. The first-order valence-corrected chi connectivity index (χ1v) is 9.09. The number of rotatable bonds is 6. The van der Waals surface area contributed by atoms with Crippen LogP contribution in [0.5, 0.6) is 5.75 Å². The first kappa shape index (κ1) is 19.1. The van der Waals surface area contributed by atoms with Gasteiger partial charge in [-0.3, -0.25) is 15.1 Å². The number of ether oxygens (including phenoxy) is 1. The lowest BCUT2D eigenvalue weighted by atomic mass is 10.1. The Bertz CT molecular complexity index is 1240. The van der Waals surface area contributed by atoms with Gasteiger partial charge in [0.25, 0.3) is 0 Å². The van der Waals surface area contributed by atoms with Crippen LogP contribution in [0.15, 0.2) is 60.9 Å². The summed E-state index contributed by atoms with van der Waals surface area (Å²) in [7, 11) is 1.53. The fourth-order valence-corrected chi connectivity index (χ4v) is 3.10. The molecule has 30 heavy (non-hydrogen) atoms. The summed E-state index contributed by atoms with van der Waals surface area (Å²) < 4.78 is 5.30. The topological polar surface area (TPSA) is 115 Å². The van der Waals surface area contributed by atoms with E-state index in [1.165, 1.54) is 13.4 Å². The zero-order valence-electron chi connectivity index (χ0n) is 16.3. The van der Waals surface area contributed by atoms with E-state index in [4.69, 9.17) is 4.74 Å². The second kappa shape index (κ2) is 8.00. The molecule has 0 radical (unpaired) electrons. The quantitative estimate of drug-likeness (QED) is 0.351. The molecule has 4 rings (SSSR count). The molecule has 4 aromatic rings. The Hall–Kier alpha value is -4.27. The highest BCUT2D eigenvalue weighted by molar-refractivity contribution is 5.94. The van der Waals surface area contributed by atoms with Gasteiger partial charge < -0.3 is 15.4 Å². The number of hydrogen-bond donors (Lipinski definition) is 2. The molecule has 2 aromatic heterocycles. The fourth-order valence-electron chi connectivity index (χ4n) is 3.10. The van der Waals surface area contributed by atoms with E-state index < -0.39 is 4.92 Å². The lowest BCUT2D eigenvalue weighted by Gasteiger charge is -2.13. The average Bonchev–Trinajstić information content (AvgIpc) is 2.74. The van der Waals surface area contributed by atoms with Gasteiger partial charge in [0.2, 0.25) is 11.6 Å². The van der Waals surface area contributed by atoms with E-state index in [0.29, 0.717) is 17.1 Å². The molecule has 0 aliphatic carbocycles. The summed E-state index contributed by atoms with van der Waals surface area (Å²) in [5.41, 5.74) is 2.60. The van der Waals surface area contributed by atoms with Crippen molar-refractivity contribution < 1.29 is 9.66 Å². The Balaban J connectivity index is 1.77. The number of anilines is 4. The maximum absolute atomic E-state index is 11.9. The number of para-hydroxylation sites is 2. The van der Waals surface area contributed by atoms with Crippen LogP contribution in [0.1, 0.15) is 5.69 Å². The third-order valence-electron chi connectivity index (χ3n) is 4.49. The molecule has 0 aliphatic heterocycles. The third-order valence-corrected chi connectivity index (χ3v) is 4.49. The van der Waals surface area contributed by atoms with Crippen molar-refractivity contribution in [3.05, 3.63) is 76.7 Å². The summed E-state index contributed by atoms with van der Waals surface area (Å²) in [5, 5.41) is 18.8. The van der Waals surface area contributed by atoms with E-state index in [0.717, 1.165) is 16.6 Å². The zero-order chi connectivity index (χ0) is 21.1. The Morgan fingerprint density at radius 1 is 0.933 bits per heavy atom. The molecule has 0 aliphatic rings. The molecule has 0 unspecified atom stereocenters. The van der Waals surface area contributed by atoms with Crippen LogP contribution < -0.4 is 15.4 Å². The molecule has 0 saturated carbocycles. The first-order chi connectivity index (χ1) is 14.6. The molecule has 2 heterocycles. The van der Waals surface area contributed by atoms with Gasteiger partial charge >= 0.3 is 5.69 Å². The van der Waals surface area contributed by atoms with Crippen molar-refractivity contribution in [3.63, 3.8) is 0 Å². The van der Waals surface area contributed by atoms with Crippen molar-refractivity contribution in [1.29, 1.82) is 0 Å². The van der Waals surface area contributed by atoms with Crippen molar-refractivity contribution in [1.82, 2.24) is 15.0 Å². The summed E-state index contributed by atoms with van der Waals surface area (Å²) in [6.07, 6.45) is 1.26. The molecule has 0 bridgehead atoms. The van der Waals surface area contributed by atoms with Gasteiger partial charge in [-0.15, -0.1) is 0 Å². The summed E-state index contributed by atoms with van der Waals surface area (Å²) in [6, 6.07) is 16.4. The maximum atomic E-state index is 11.9. The van der Waals surface area contributed by atoms with Crippen LogP contribution in [0, 0.1) is 17.0 Å². The van der Waals surface area contributed by atoms with Crippen LogP contribution in [0.25, 0.3) is 10.9 Å². The normalized spacial score (nSPS) is 10.6. The van der Waals surface area contributed by atoms with Crippen LogP contribution in [-0.2, 0) is 0 Å². The van der Waals surface area contributed by atoms with Crippen molar-refractivity contribution in [3.8, 4) is 5.75 Å². The smallest absolute Gasteiger partial charge is 0.353 e. The number of aromatic nitrogens is 3. The van der Waals surface area contributed by atoms with E-state index in [9.17, 15) is 10.1 Å². The monoisotopic (exact) mass is 402 g/mol. The minimum Gasteiger partial charge on any atom is -0.495 e. The Kier molecular flexibility index (Phi) is 5.08. The van der Waals surface area contributed by atoms with E-state index in [1.54, 1.807) is 18.2 Å². The summed E-state index contributed by atoms with van der Waals surface area (Å²) in [4.78, 5) is 24.0. The number of hydrogen-bond acceptors (Lipinski definition) is 8. The van der Waals surface area contributed by atoms with E-state index >= 15 is 0 Å². The summed E-state index contributed by atoms with van der Waals surface area (Å²) in [5.74, 6) is 0.659. The number of pyridine rings is 1. The molecule has 9 nitrogen and oxygen atoms in total. The molecule has 0 amide bonds. The van der Waals surface area contributed by atoms with E-state index in [-0.39, 0.29) is 17.3 Å². The van der Waals surface area contributed by atoms with Gasteiger partial charge in [-0.25, -0.2) is 9.97 Å². The van der Waals surface area contributed by atoms with Crippen LogP contribution in [0.4, 0.5) is 28.7 Å².